The Kier molecular flexibility index (Phi) is 9.96. The summed E-state index contributed by atoms with van der Waals surface area (Å²) in [6.07, 6.45) is 11.2. The van der Waals surface area contributed by atoms with Gasteiger partial charge in [-0.1, -0.05) is 76.5 Å². The molecule has 0 saturated heterocycles. The molecule has 1 rings (SSSR count). The maximum absolute atomic E-state index is 11.3. The lowest BCUT2D eigenvalue weighted by Crippen LogP contribution is -2.22. The highest BCUT2D eigenvalue weighted by molar-refractivity contribution is 7.74. The van der Waals surface area contributed by atoms with Gasteiger partial charge in [0.05, 0.1) is 5.69 Å². The molecule has 1 aromatic rings. The van der Waals surface area contributed by atoms with Gasteiger partial charge in [0.1, 0.15) is 0 Å². The van der Waals surface area contributed by atoms with Crippen LogP contribution in [0.25, 0.3) is 0 Å². The number of nitrogens with zero attached hydrogens (tertiary/aromatic N) is 1. The Balaban J connectivity index is 2.15. The molecule has 0 unspecified atom stereocenters. The summed E-state index contributed by atoms with van der Waals surface area (Å²) in [4.78, 5) is 0. The van der Waals surface area contributed by atoms with Gasteiger partial charge in [-0.2, -0.15) is 0 Å². The fraction of sp³-hybridized carbons (Fsp3) is 0.647. The molecule has 0 atom stereocenters. The number of benzene rings is 1. The van der Waals surface area contributed by atoms with E-state index >= 15 is 0 Å². The molecule has 0 saturated carbocycles. The average Bonchev–Trinajstić information content (AvgIpc) is 2.50. The van der Waals surface area contributed by atoms with Gasteiger partial charge in [0, 0.05) is 6.54 Å². The Morgan fingerprint density at radius 2 is 1.33 bits per heavy atom. The second kappa shape index (κ2) is 11.6. The van der Waals surface area contributed by atoms with E-state index in [9.17, 15) is 8.42 Å². The predicted molar refractivity (Wildman–Crippen MR) is 91.3 cm³/mol. The third-order valence-electron chi connectivity index (χ3n) is 3.72. The summed E-state index contributed by atoms with van der Waals surface area (Å²) in [5, 5.41) is 0. The molecule has 120 valence electrons. The molecule has 0 heterocycles. The Labute approximate surface area is 131 Å². The molecule has 3 nitrogen and oxygen atoms in total. The maximum Gasteiger partial charge on any atom is 0.225 e. The molecule has 0 fully saturated rings. The molecule has 0 bridgehead atoms. The summed E-state index contributed by atoms with van der Waals surface area (Å²) in [6.45, 7) is 2.83. The monoisotopic (exact) mass is 311 g/mol. The van der Waals surface area contributed by atoms with Crippen molar-refractivity contribution < 1.29 is 8.42 Å². The molecule has 0 aliphatic rings. The highest BCUT2D eigenvalue weighted by Crippen LogP contribution is 2.15. The molecule has 4 heteroatoms. The van der Waals surface area contributed by atoms with Gasteiger partial charge < -0.3 is 0 Å². The zero-order valence-electron chi connectivity index (χ0n) is 13.2. The van der Waals surface area contributed by atoms with Crippen LogP contribution in [0.4, 0.5) is 5.69 Å². The quantitative estimate of drug-likeness (QED) is 0.454. The number of thiol groups is 1. The largest absolute Gasteiger partial charge is 0.272 e. The third-order valence-corrected chi connectivity index (χ3v) is 4.55. The van der Waals surface area contributed by atoms with Gasteiger partial charge in [-0.15, -0.1) is 0 Å². The van der Waals surface area contributed by atoms with Crippen LogP contribution in [0.5, 0.6) is 0 Å². The van der Waals surface area contributed by atoms with Crippen LogP contribution in [0.2, 0.25) is 0 Å². The van der Waals surface area contributed by atoms with E-state index in [1.54, 1.807) is 0 Å². The van der Waals surface area contributed by atoms with Gasteiger partial charge in [0.25, 0.3) is 0 Å². The molecule has 1 aromatic carbocycles. The SMILES string of the molecule is CCCCCCCCCCCN(c1ccccc1)[SH](=O)=O. The molecular formula is C17H29NO2S. The van der Waals surface area contributed by atoms with Crippen molar-refractivity contribution in [1.29, 1.82) is 0 Å². The first-order chi connectivity index (χ1) is 10.3. The Morgan fingerprint density at radius 1 is 0.810 bits per heavy atom. The number of hydrogen-bond acceptors (Lipinski definition) is 2. The number of unbranched alkanes of at least 4 members (excludes halogenated alkanes) is 8. The van der Waals surface area contributed by atoms with Gasteiger partial charge in [-0.3, -0.25) is 4.31 Å². The molecule has 0 spiro atoms. The third kappa shape index (κ3) is 8.10. The smallest absolute Gasteiger partial charge is 0.225 e. The minimum atomic E-state index is -2.54. The normalized spacial score (nSPS) is 11.0. The van der Waals surface area contributed by atoms with E-state index in [0.29, 0.717) is 6.54 Å². The minimum absolute atomic E-state index is 0.596. The molecule has 0 radical (unpaired) electrons. The van der Waals surface area contributed by atoms with Gasteiger partial charge in [-0.05, 0) is 18.6 Å². The van der Waals surface area contributed by atoms with Crippen LogP contribution < -0.4 is 4.31 Å². The van der Waals surface area contributed by atoms with Crippen LogP contribution in [0.3, 0.4) is 0 Å². The summed E-state index contributed by atoms with van der Waals surface area (Å²) >= 11 is 0. The Bertz CT molecular complexity index is 424. The lowest BCUT2D eigenvalue weighted by Gasteiger charge is -2.17. The molecule has 0 aliphatic carbocycles. The second-order valence-electron chi connectivity index (χ2n) is 5.52. The van der Waals surface area contributed by atoms with Gasteiger partial charge in [0.15, 0.2) is 0 Å². The number of anilines is 1. The first-order valence-electron chi connectivity index (χ1n) is 8.22. The second-order valence-corrected chi connectivity index (χ2v) is 6.48. The molecule has 0 aromatic heterocycles. The van der Waals surface area contributed by atoms with E-state index in [2.05, 4.69) is 6.92 Å². The molecule has 21 heavy (non-hydrogen) atoms. The van der Waals surface area contributed by atoms with E-state index in [4.69, 9.17) is 0 Å². The van der Waals surface area contributed by atoms with Crippen molar-refractivity contribution in [2.24, 2.45) is 0 Å². The predicted octanol–water partition coefficient (Wildman–Crippen LogP) is 4.55. The lowest BCUT2D eigenvalue weighted by atomic mass is 10.1. The summed E-state index contributed by atoms with van der Waals surface area (Å²) in [5.41, 5.74) is 0.771. The fourth-order valence-electron chi connectivity index (χ4n) is 2.48. The first-order valence-corrected chi connectivity index (χ1v) is 9.35. The van der Waals surface area contributed by atoms with E-state index in [1.165, 1.54) is 49.3 Å². The molecule has 0 amide bonds. The van der Waals surface area contributed by atoms with E-state index < -0.39 is 10.9 Å². The van der Waals surface area contributed by atoms with Crippen molar-refractivity contribution in [3.8, 4) is 0 Å². The molecular weight excluding hydrogens is 282 g/mol. The van der Waals surface area contributed by atoms with Crippen LogP contribution in [0.1, 0.15) is 64.7 Å². The number of rotatable bonds is 12. The maximum atomic E-state index is 11.3. The van der Waals surface area contributed by atoms with Gasteiger partial charge >= 0.3 is 0 Å². The lowest BCUT2D eigenvalue weighted by molar-refractivity contribution is 0.564. The summed E-state index contributed by atoms with van der Waals surface area (Å²) in [7, 11) is -2.54. The van der Waals surface area contributed by atoms with E-state index in [-0.39, 0.29) is 0 Å². The van der Waals surface area contributed by atoms with Gasteiger partial charge in [-0.25, -0.2) is 8.42 Å². The highest BCUT2D eigenvalue weighted by atomic mass is 32.2. The minimum Gasteiger partial charge on any atom is -0.272 e. The zero-order valence-corrected chi connectivity index (χ0v) is 14.1. The summed E-state index contributed by atoms with van der Waals surface area (Å²) in [6, 6.07) is 9.34. The number of para-hydroxylation sites is 1. The standard InChI is InChI=1S/C17H29NO2S/c1-2-3-4-5-6-7-8-9-13-16-18(21(19)20)17-14-11-10-12-15-17/h10-12,14-15,21H,2-9,13,16H2,1H3. The highest BCUT2D eigenvalue weighted by Gasteiger charge is 2.07. The van der Waals surface area contributed by atoms with Crippen LogP contribution in [-0.4, -0.2) is 15.0 Å². The van der Waals surface area contributed by atoms with Crippen LogP contribution in [0.15, 0.2) is 30.3 Å². The first kappa shape index (κ1) is 18.0. The Morgan fingerprint density at radius 3 is 1.86 bits per heavy atom. The van der Waals surface area contributed by atoms with Crippen LogP contribution in [-0.2, 0) is 10.9 Å². The summed E-state index contributed by atoms with van der Waals surface area (Å²) < 4.78 is 24.1. The van der Waals surface area contributed by atoms with Crippen LogP contribution in [0, 0.1) is 0 Å². The summed E-state index contributed by atoms with van der Waals surface area (Å²) in [5.74, 6) is 0. The van der Waals surface area contributed by atoms with Crippen molar-refractivity contribution in [1.82, 2.24) is 0 Å². The van der Waals surface area contributed by atoms with Crippen molar-refractivity contribution in [2.75, 3.05) is 10.8 Å². The van der Waals surface area contributed by atoms with E-state index in [1.807, 2.05) is 30.3 Å². The zero-order chi connectivity index (χ0) is 15.3. The van der Waals surface area contributed by atoms with Crippen LogP contribution >= 0.6 is 0 Å². The topological polar surface area (TPSA) is 37.4 Å². The number of hydrogen-bond donors (Lipinski definition) is 1. The van der Waals surface area contributed by atoms with Gasteiger partial charge in [0.2, 0.25) is 10.9 Å². The average molecular weight is 311 g/mol. The Hall–Kier alpha value is -1.03. The van der Waals surface area contributed by atoms with Crippen molar-refractivity contribution >= 4 is 16.6 Å². The molecule has 0 N–H and O–H groups in total. The van der Waals surface area contributed by atoms with Crippen molar-refractivity contribution in [3.05, 3.63) is 30.3 Å². The van der Waals surface area contributed by atoms with Crippen molar-refractivity contribution in [3.63, 3.8) is 0 Å². The fourth-order valence-corrected chi connectivity index (χ4v) is 3.10. The molecule has 0 aliphatic heterocycles. The van der Waals surface area contributed by atoms with Crippen molar-refractivity contribution in [2.45, 2.75) is 64.7 Å². The van der Waals surface area contributed by atoms with E-state index in [0.717, 1.165) is 18.5 Å².